The Morgan fingerprint density at radius 3 is 2.60 bits per heavy atom. The number of aryl methyl sites for hydroxylation is 1. The first kappa shape index (κ1) is 29.4. The summed E-state index contributed by atoms with van der Waals surface area (Å²) in [4.78, 5) is 30.8. The molecule has 4 aromatic rings. The van der Waals surface area contributed by atoms with Crippen molar-refractivity contribution in [3.05, 3.63) is 65.4 Å². The molecule has 236 valence electrons. The number of amides is 1. The van der Waals surface area contributed by atoms with E-state index in [-0.39, 0.29) is 11.8 Å². The number of carbonyl (C=O) groups excluding carboxylic acids is 1. The second kappa shape index (κ2) is 12.6. The van der Waals surface area contributed by atoms with Gasteiger partial charge in [0.2, 0.25) is 5.91 Å². The van der Waals surface area contributed by atoms with E-state index in [0.717, 1.165) is 40.6 Å². The van der Waals surface area contributed by atoms with Gasteiger partial charge in [0, 0.05) is 49.5 Å². The standard InChI is InChI=1S/C35H39N3O7/c1-42-25-7-10-28-23(18-25)17-24(34-36-20-27(44-34)9-12-31(39)37-13-15-43-16-14-37)21-38-30-19-26(45-35(40)41)8-11-29(30)32(33(28)38)22-5-3-2-4-6-22/h7-8,10-11,18-20,22,24H,2-6,9,12-17,21H2,1H3,(H,40,41). The molecule has 0 radical (unpaired) electrons. The van der Waals surface area contributed by atoms with Crippen LogP contribution < -0.4 is 9.47 Å². The summed E-state index contributed by atoms with van der Waals surface area (Å²) < 4.78 is 24.8. The second-order valence-electron chi connectivity index (χ2n) is 12.3. The molecule has 7 rings (SSSR count). The monoisotopic (exact) mass is 613 g/mol. The van der Waals surface area contributed by atoms with Gasteiger partial charge in [-0.25, -0.2) is 9.78 Å². The lowest BCUT2D eigenvalue weighted by Crippen LogP contribution is -2.40. The van der Waals surface area contributed by atoms with Crippen LogP contribution in [0.25, 0.3) is 22.2 Å². The van der Waals surface area contributed by atoms with E-state index < -0.39 is 6.16 Å². The fraction of sp³-hybridized carbons (Fsp3) is 0.457. The van der Waals surface area contributed by atoms with E-state index in [1.165, 1.54) is 30.5 Å². The number of aromatic nitrogens is 2. The lowest BCUT2D eigenvalue weighted by Gasteiger charge is -2.26. The van der Waals surface area contributed by atoms with Gasteiger partial charge in [-0.1, -0.05) is 19.3 Å². The molecule has 2 aromatic carbocycles. The molecule has 45 heavy (non-hydrogen) atoms. The zero-order valence-electron chi connectivity index (χ0n) is 25.6. The van der Waals surface area contributed by atoms with Gasteiger partial charge in [-0.2, -0.15) is 0 Å². The molecular weight excluding hydrogens is 574 g/mol. The molecule has 1 aliphatic carbocycles. The largest absolute Gasteiger partial charge is 0.511 e. The van der Waals surface area contributed by atoms with Gasteiger partial charge in [-0.15, -0.1) is 0 Å². The summed E-state index contributed by atoms with van der Waals surface area (Å²) in [5, 5.41) is 10.5. The fourth-order valence-corrected chi connectivity index (χ4v) is 7.45. The van der Waals surface area contributed by atoms with Crippen molar-refractivity contribution in [1.29, 1.82) is 0 Å². The summed E-state index contributed by atoms with van der Waals surface area (Å²) in [6.07, 6.45) is 7.85. The van der Waals surface area contributed by atoms with E-state index >= 15 is 0 Å². The minimum absolute atomic E-state index is 0.0975. The zero-order valence-corrected chi connectivity index (χ0v) is 25.6. The maximum absolute atomic E-state index is 12.8. The first-order chi connectivity index (χ1) is 22.0. The number of oxazole rings is 1. The highest BCUT2D eigenvalue weighted by molar-refractivity contribution is 5.94. The molecule has 10 heteroatoms. The minimum atomic E-state index is -1.33. The molecule has 4 heterocycles. The van der Waals surface area contributed by atoms with Gasteiger partial charge in [0.1, 0.15) is 17.3 Å². The number of hydrogen-bond donors (Lipinski definition) is 1. The number of fused-ring (bicyclic) bond motifs is 5. The Morgan fingerprint density at radius 2 is 1.82 bits per heavy atom. The number of morpholine rings is 1. The van der Waals surface area contributed by atoms with E-state index in [2.05, 4.69) is 16.7 Å². The predicted octanol–water partition coefficient (Wildman–Crippen LogP) is 6.54. The number of hydrogen-bond acceptors (Lipinski definition) is 7. The van der Waals surface area contributed by atoms with Gasteiger partial charge in [0.15, 0.2) is 5.89 Å². The number of ether oxygens (including phenoxy) is 3. The summed E-state index contributed by atoms with van der Waals surface area (Å²) in [6.45, 7) is 3.00. The van der Waals surface area contributed by atoms with Crippen LogP contribution in [0.3, 0.4) is 0 Å². The van der Waals surface area contributed by atoms with Crippen LogP contribution >= 0.6 is 0 Å². The molecular formula is C35H39N3O7. The Balaban J connectivity index is 1.29. The van der Waals surface area contributed by atoms with Crippen molar-refractivity contribution in [2.75, 3.05) is 33.4 Å². The Morgan fingerprint density at radius 1 is 1.02 bits per heavy atom. The van der Waals surface area contributed by atoms with Crippen LogP contribution in [0.1, 0.15) is 73.1 Å². The van der Waals surface area contributed by atoms with Crippen LogP contribution in [0.4, 0.5) is 4.79 Å². The summed E-state index contributed by atoms with van der Waals surface area (Å²) in [6, 6.07) is 11.9. The van der Waals surface area contributed by atoms with E-state index in [1.54, 1.807) is 19.4 Å². The third-order valence-electron chi connectivity index (χ3n) is 9.60. The zero-order chi connectivity index (χ0) is 30.9. The molecule has 10 nitrogen and oxygen atoms in total. The van der Waals surface area contributed by atoms with Gasteiger partial charge in [0.25, 0.3) is 0 Å². The lowest BCUT2D eigenvalue weighted by molar-refractivity contribution is -0.135. The maximum atomic E-state index is 12.8. The smallest absolute Gasteiger partial charge is 0.497 e. The van der Waals surface area contributed by atoms with Crippen LogP contribution in [0, 0.1) is 0 Å². The topological polar surface area (TPSA) is 116 Å². The Kier molecular flexibility index (Phi) is 8.23. The molecule has 1 amide bonds. The number of benzene rings is 2. The molecule has 0 spiro atoms. The van der Waals surface area contributed by atoms with Crippen molar-refractivity contribution in [1.82, 2.24) is 14.5 Å². The first-order valence-electron chi connectivity index (χ1n) is 16.0. The summed E-state index contributed by atoms with van der Waals surface area (Å²) in [5.74, 6) is 2.83. The summed E-state index contributed by atoms with van der Waals surface area (Å²) in [5.41, 5.74) is 5.75. The third-order valence-corrected chi connectivity index (χ3v) is 9.60. The molecule has 2 aromatic heterocycles. The summed E-state index contributed by atoms with van der Waals surface area (Å²) >= 11 is 0. The number of carboxylic acid groups (broad SMARTS) is 1. The molecule has 3 aliphatic rings. The van der Waals surface area contributed by atoms with Crippen LogP contribution in [0.15, 0.2) is 47.0 Å². The number of carbonyl (C=O) groups is 2. The van der Waals surface area contributed by atoms with Crippen molar-refractivity contribution in [2.45, 2.75) is 69.7 Å². The molecule has 1 saturated carbocycles. The normalized spacial score (nSPS) is 18.7. The number of nitrogens with zero attached hydrogens (tertiary/aromatic N) is 3. The molecule has 1 atom stereocenters. The van der Waals surface area contributed by atoms with Crippen LogP contribution in [0.2, 0.25) is 0 Å². The predicted molar refractivity (Wildman–Crippen MR) is 167 cm³/mol. The second-order valence-corrected chi connectivity index (χ2v) is 12.3. The van der Waals surface area contributed by atoms with Crippen molar-refractivity contribution >= 4 is 23.0 Å². The number of methoxy groups -OCH3 is 1. The van der Waals surface area contributed by atoms with E-state index in [9.17, 15) is 14.7 Å². The average molecular weight is 614 g/mol. The van der Waals surface area contributed by atoms with Gasteiger partial charge in [0.05, 0.1) is 43.6 Å². The highest BCUT2D eigenvalue weighted by Gasteiger charge is 2.33. The highest BCUT2D eigenvalue weighted by atomic mass is 16.7. The average Bonchev–Trinajstić information content (AvgIpc) is 3.62. The molecule has 1 saturated heterocycles. The van der Waals surface area contributed by atoms with Crippen molar-refractivity contribution in [3.8, 4) is 22.8 Å². The fourth-order valence-electron chi connectivity index (χ4n) is 7.45. The van der Waals surface area contributed by atoms with E-state index in [4.69, 9.17) is 23.6 Å². The van der Waals surface area contributed by atoms with Gasteiger partial charge >= 0.3 is 6.16 Å². The van der Waals surface area contributed by atoms with Crippen LogP contribution in [-0.2, 0) is 28.9 Å². The first-order valence-corrected chi connectivity index (χ1v) is 16.0. The van der Waals surface area contributed by atoms with Crippen molar-refractivity contribution in [3.63, 3.8) is 0 Å². The lowest BCUT2D eigenvalue weighted by atomic mass is 9.81. The van der Waals surface area contributed by atoms with E-state index in [1.807, 2.05) is 23.1 Å². The van der Waals surface area contributed by atoms with E-state index in [0.29, 0.717) is 75.4 Å². The Labute approximate surface area is 261 Å². The van der Waals surface area contributed by atoms with Crippen molar-refractivity contribution < 1.29 is 33.3 Å². The molecule has 2 fully saturated rings. The highest BCUT2D eigenvalue weighted by Crippen LogP contribution is 2.48. The molecule has 1 unspecified atom stereocenters. The molecule has 2 aliphatic heterocycles. The van der Waals surface area contributed by atoms with Crippen LogP contribution in [-0.4, -0.2) is 65.0 Å². The Hall–Kier alpha value is -4.31. The SMILES string of the molecule is COc1ccc2c(c1)CC(c1ncc(CCC(=O)N3CCOCC3)o1)Cn1c-2c(C2CCCCC2)c2ccc(OC(=O)O)cc21. The van der Waals surface area contributed by atoms with Crippen LogP contribution in [0.5, 0.6) is 11.5 Å². The number of rotatable bonds is 7. The quantitative estimate of drug-likeness (QED) is 0.185. The molecule has 1 N–H and O–H groups in total. The van der Waals surface area contributed by atoms with Gasteiger partial charge < -0.3 is 33.2 Å². The maximum Gasteiger partial charge on any atom is 0.511 e. The van der Waals surface area contributed by atoms with Gasteiger partial charge in [-0.05, 0) is 66.6 Å². The summed E-state index contributed by atoms with van der Waals surface area (Å²) in [7, 11) is 1.68. The van der Waals surface area contributed by atoms with Crippen molar-refractivity contribution in [2.24, 2.45) is 0 Å². The third kappa shape index (κ3) is 5.91. The minimum Gasteiger partial charge on any atom is -0.497 e. The Bertz CT molecular complexity index is 1710. The molecule has 0 bridgehead atoms. The van der Waals surface area contributed by atoms with Gasteiger partial charge in [-0.3, -0.25) is 4.79 Å².